The summed E-state index contributed by atoms with van der Waals surface area (Å²) in [5.41, 5.74) is 9.17. The first kappa shape index (κ1) is 24.8. The SMILES string of the molecule is CC(C)(C)c1cc2ncnc(-n3nc(N)nc3Nc3ccc(N4CCN(C5CC6CCC5C6)CC4)cc3)c2s1. The Morgan fingerprint density at radius 3 is 2.49 bits per heavy atom. The lowest BCUT2D eigenvalue weighted by Gasteiger charge is -2.41. The molecule has 10 heteroatoms. The van der Waals surface area contributed by atoms with E-state index in [1.807, 2.05) is 0 Å². The van der Waals surface area contributed by atoms with Crippen LogP contribution in [-0.2, 0) is 5.41 Å². The smallest absolute Gasteiger partial charge is 0.241 e. The van der Waals surface area contributed by atoms with Crippen LogP contribution < -0.4 is 16.0 Å². The number of nitrogens with two attached hydrogens (primary N) is 1. The first-order valence-electron chi connectivity index (χ1n) is 14.2. The van der Waals surface area contributed by atoms with Crippen LogP contribution in [0, 0.1) is 11.8 Å². The Balaban J connectivity index is 1.06. The van der Waals surface area contributed by atoms with Crippen molar-refractivity contribution in [3.63, 3.8) is 0 Å². The minimum atomic E-state index is 0.0235. The quantitative estimate of drug-likeness (QED) is 0.354. The maximum atomic E-state index is 6.05. The van der Waals surface area contributed by atoms with Crippen molar-refractivity contribution in [3.05, 3.63) is 41.5 Å². The van der Waals surface area contributed by atoms with Crippen molar-refractivity contribution in [1.82, 2.24) is 29.6 Å². The van der Waals surface area contributed by atoms with Gasteiger partial charge in [0.2, 0.25) is 11.9 Å². The predicted octanol–water partition coefficient (Wildman–Crippen LogP) is 5.21. The molecule has 2 bridgehead atoms. The highest BCUT2D eigenvalue weighted by Gasteiger charge is 2.42. The molecule has 3 aromatic heterocycles. The zero-order chi connectivity index (χ0) is 26.7. The van der Waals surface area contributed by atoms with Crippen LogP contribution in [0.25, 0.3) is 16.0 Å². The average Bonchev–Trinajstić information content (AvgIpc) is 3.72. The van der Waals surface area contributed by atoms with E-state index < -0.39 is 0 Å². The minimum absolute atomic E-state index is 0.0235. The first-order valence-corrected chi connectivity index (χ1v) is 15.0. The first-order chi connectivity index (χ1) is 18.8. The van der Waals surface area contributed by atoms with Gasteiger partial charge in [-0.1, -0.05) is 27.2 Å². The molecule has 1 aromatic carbocycles. The van der Waals surface area contributed by atoms with E-state index in [0.717, 1.165) is 46.9 Å². The lowest BCUT2D eigenvalue weighted by Crippen LogP contribution is -2.51. The third-order valence-corrected chi connectivity index (χ3v) is 10.4. The summed E-state index contributed by atoms with van der Waals surface area (Å²) in [7, 11) is 0. The number of benzene rings is 1. The number of nitrogen functional groups attached to an aromatic ring is 1. The molecule has 3 fully saturated rings. The molecule has 1 aliphatic heterocycles. The predicted molar refractivity (Wildman–Crippen MR) is 158 cm³/mol. The standard InChI is InChI=1S/C29H37N9S/c1-29(2,3)24-16-22-25(39-24)26(32-17-31-22)38-28(34-27(30)35-38)33-20-6-8-21(9-7-20)36-10-12-37(13-11-36)23-15-18-4-5-19(23)14-18/h6-9,16-19,23H,4-5,10-15H2,1-3H3,(H3,30,33,34,35). The third kappa shape index (κ3) is 4.63. The molecule has 204 valence electrons. The van der Waals surface area contributed by atoms with Crippen LogP contribution in [0.15, 0.2) is 36.7 Å². The van der Waals surface area contributed by atoms with Crippen molar-refractivity contribution in [3.8, 4) is 5.82 Å². The van der Waals surface area contributed by atoms with Gasteiger partial charge in [0, 0.05) is 48.5 Å². The molecular formula is C29H37N9S. The Kier molecular flexibility index (Phi) is 6.00. The number of thiophene rings is 1. The van der Waals surface area contributed by atoms with Gasteiger partial charge in [-0.3, -0.25) is 4.90 Å². The van der Waals surface area contributed by atoms with Gasteiger partial charge in [-0.05, 0) is 66.8 Å². The highest BCUT2D eigenvalue weighted by molar-refractivity contribution is 7.19. The summed E-state index contributed by atoms with van der Waals surface area (Å²) in [6, 6.07) is 11.6. The summed E-state index contributed by atoms with van der Waals surface area (Å²) >= 11 is 1.69. The van der Waals surface area contributed by atoms with E-state index in [4.69, 9.17) is 5.73 Å². The number of aromatic nitrogens is 5. The Morgan fingerprint density at radius 2 is 1.79 bits per heavy atom. The second-order valence-corrected chi connectivity index (χ2v) is 13.5. The molecule has 4 aromatic rings. The molecule has 3 unspecified atom stereocenters. The van der Waals surface area contributed by atoms with E-state index in [9.17, 15) is 0 Å². The Morgan fingerprint density at radius 1 is 1.00 bits per heavy atom. The molecule has 3 N–H and O–H groups in total. The van der Waals surface area contributed by atoms with Gasteiger partial charge in [-0.2, -0.15) is 9.67 Å². The molecule has 1 saturated heterocycles. The number of nitrogens with one attached hydrogen (secondary N) is 1. The van der Waals surface area contributed by atoms with E-state index in [1.165, 1.54) is 49.3 Å². The number of piperazine rings is 1. The van der Waals surface area contributed by atoms with E-state index >= 15 is 0 Å². The van der Waals surface area contributed by atoms with Gasteiger partial charge >= 0.3 is 0 Å². The van der Waals surface area contributed by atoms with Gasteiger partial charge in [-0.25, -0.2) is 9.97 Å². The van der Waals surface area contributed by atoms with Gasteiger partial charge in [0.15, 0.2) is 5.82 Å². The second kappa shape index (κ2) is 9.45. The summed E-state index contributed by atoms with van der Waals surface area (Å²) in [6.07, 6.45) is 7.41. The molecule has 3 atom stereocenters. The maximum absolute atomic E-state index is 6.05. The molecule has 39 heavy (non-hydrogen) atoms. The van der Waals surface area contributed by atoms with Crippen molar-refractivity contribution >= 4 is 44.8 Å². The van der Waals surface area contributed by atoms with E-state index in [1.54, 1.807) is 22.3 Å². The fraction of sp³-hybridized carbons (Fsp3) is 0.517. The van der Waals surface area contributed by atoms with E-state index in [-0.39, 0.29) is 11.4 Å². The number of hydrogen-bond donors (Lipinski definition) is 2. The van der Waals surface area contributed by atoms with Crippen LogP contribution >= 0.6 is 11.3 Å². The Hall–Kier alpha value is -3.24. The van der Waals surface area contributed by atoms with Crippen molar-refractivity contribution in [2.24, 2.45) is 11.8 Å². The zero-order valence-electron chi connectivity index (χ0n) is 23.0. The maximum Gasteiger partial charge on any atom is 0.241 e. The van der Waals surface area contributed by atoms with Crippen LogP contribution in [0.5, 0.6) is 0 Å². The molecule has 4 heterocycles. The van der Waals surface area contributed by atoms with Crippen molar-refractivity contribution < 1.29 is 0 Å². The molecule has 9 nitrogen and oxygen atoms in total. The summed E-state index contributed by atoms with van der Waals surface area (Å²) in [5, 5.41) is 7.88. The lowest BCUT2D eigenvalue weighted by atomic mass is 9.93. The molecule has 0 amide bonds. The number of fused-ring (bicyclic) bond motifs is 3. The van der Waals surface area contributed by atoms with E-state index in [2.05, 4.69) is 86.3 Å². The number of rotatable bonds is 5. The number of anilines is 4. The van der Waals surface area contributed by atoms with Crippen LogP contribution in [0.2, 0.25) is 0 Å². The highest BCUT2D eigenvalue weighted by Crippen LogP contribution is 2.47. The normalized spacial score (nSPS) is 23.7. The molecule has 2 saturated carbocycles. The molecular weight excluding hydrogens is 506 g/mol. The van der Waals surface area contributed by atoms with Gasteiger partial charge < -0.3 is 16.0 Å². The van der Waals surface area contributed by atoms with E-state index in [0.29, 0.717) is 11.8 Å². The van der Waals surface area contributed by atoms with Crippen molar-refractivity contribution in [1.29, 1.82) is 0 Å². The molecule has 0 spiro atoms. The fourth-order valence-corrected chi connectivity index (χ4v) is 7.92. The topological polar surface area (TPSA) is 101 Å². The second-order valence-electron chi connectivity index (χ2n) is 12.4. The summed E-state index contributed by atoms with van der Waals surface area (Å²) < 4.78 is 2.65. The minimum Gasteiger partial charge on any atom is -0.369 e. The van der Waals surface area contributed by atoms with Crippen LogP contribution in [0.4, 0.5) is 23.3 Å². The molecule has 2 aliphatic carbocycles. The molecule has 3 aliphatic rings. The lowest BCUT2D eigenvalue weighted by molar-refractivity contribution is 0.135. The van der Waals surface area contributed by atoms with Gasteiger partial charge in [0.25, 0.3) is 0 Å². The molecule has 7 rings (SSSR count). The van der Waals surface area contributed by atoms with Gasteiger partial charge in [-0.15, -0.1) is 16.4 Å². The van der Waals surface area contributed by atoms with Crippen molar-refractivity contribution in [2.45, 2.75) is 57.9 Å². The van der Waals surface area contributed by atoms with Crippen LogP contribution in [0.1, 0.15) is 51.3 Å². The number of hydrogen-bond acceptors (Lipinski definition) is 9. The Labute approximate surface area is 233 Å². The third-order valence-electron chi connectivity index (χ3n) is 8.83. The largest absolute Gasteiger partial charge is 0.369 e. The van der Waals surface area contributed by atoms with Gasteiger partial charge in [0.05, 0.1) is 10.2 Å². The van der Waals surface area contributed by atoms with Crippen LogP contribution in [-0.4, -0.2) is 61.9 Å². The Bertz CT molecular complexity index is 1480. The van der Waals surface area contributed by atoms with Crippen LogP contribution in [0.3, 0.4) is 0 Å². The van der Waals surface area contributed by atoms with Gasteiger partial charge in [0.1, 0.15) is 6.33 Å². The number of nitrogens with zero attached hydrogens (tertiary/aromatic N) is 7. The average molecular weight is 544 g/mol. The fourth-order valence-electron chi connectivity index (χ4n) is 6.77. The molecule has 0 radical (unpaired) electrons. The summed E-state index contributed by atoms with van der Waals surface area (Å²) in [5.74, 6) is 3.37. The van der Waals surface area contributed by atoms with Crippen molar-refractivity contribution in [2.75, 3.05) is 42.1 Å². The zero-order valence-corrected chi connectivity index (χ0v) is 23.8. The highest BCUT2D eigenvalue weighted by atomic mass is 32.1. The summed E-state index contributed by atoms with van der Waals surface area (Å²) in [4.78, 5) is 20.0. The summed E-state index contributed by atoms with van der Waals surface area (Å²) in [6.45, 7) is 11.1. The monoisotopic (exact) mass is 543 g/mol.